The maximum Gasteiger partial charge on any atom is 0.429 e. The Balaban J connectivity index is 1.33. The summed E-state index contributed by atoms with van der Waals surface area (Å²) in [5.74, 6) is -2.42. The molecule has 0 amide bonds. The molecule has 0 saturated carbocycles. The second kappa shape index (κ2) is 12.2. The van der Waals surface area contributed by atoms with Gasteiger partial charge in [-0.1, -0.05) is 30.3 Å². The van der Waals surface area contributed by atoms with E-state index in [1.54, 1.807) is 31.2 Å². The molecule has 0 aliphatic carbocycles. The highest BCUT2D eigenvalue weighted by Gasteiger charge is 2.46. The topological polar surface area (TPSA) is 169 Å². The molecule has 2 aliphatic heterocycles. The van der Waals surface area contributed by atoms with Gasteiger partial charge in [-0.3, -0.25) is 4.79 Å². The van der Waals surface area contributed by atoms with Crippen LogP contribution < -0.4 is 20.7 Å². The smallest absolute Gasteiger partial charge is 0.429 e. The fraction of sp³-hybridized carbons (Fsp3) is 0.344. The molecule has 246 valence electrons. The minimum Gasteiger partial charge on any atom is -0.480 e. The van der Waals surface area contributed by atoms with Crippen LogP contribution in [0.3, 0.4) is 0 Å². The Morgan fingerprint density at radius 3 is 2.47 bits per heavy atom. The van der Waals surface area contributed by atoms with Gasteiger partial charge in [0.2, 0.25) is 17.9 Å². The van der Waals surface area contributed by atoms with Crippen molar-refractivity contribution in [2.24, 2.45) is 5.41 Å². The van der Waals surface area contributed by atoms with Gasteiger partial charge < -0.3 is 30.9 Å². The lowest BCUT2D eigenvalue weighted by atomic mass is 9.76. The molecule has 2 aromatic carbocycles. The van der Waals surface area contributed by atoms with E-state index in [-0.39, 0.29) is 34.1 Å². The minimum atomic E-state index is -4.91. The third-order valence-corrected chi connectivity index (χ3v) is 8.80. The lowest BCUT2D eigenvalue weighted by Gasteiger charge is -2.39. The number of aromatic carboxylic acids is 1. The Kier molecular flexibility index (Phi) is 8.26. The molecule has 2 aromatic heterocycles. The highest BCUT2D eigenvalue weighted by Crippen LogP contribution is 2.43. The molecule has 2 saturated heterocycles. The van der Waals surface area contributed by atoms with Crippen LogP contribution in [0.1, 0.15) is 47.0 Å². The molecule has 2 fully saturated rings. The summed E-state index contributed by atoms with van der Waals surface area (Å²) in [4.78, 5) is 33.4. The number of ether oxygens (including phenoxy) is 1. The Hall–Kier alpha value is -5.18. The number of anilines is 2. The number of alkyl halides is 3. The van der Waals surface area contributed by atoms with E-state index in [0.717, 1.165) is 0 Å². The van der Waals surface area contributed by atoms with Crippen molar-refractivity contribution >= 4 is 23.7 Å². The molecule has 1 spiro atoms. The number of aromatic nitrogens is 4. The highest BCUT2D eigenvalue weighted by molar-refractivity contribution is 5.96. The molecule has 6 rings (SSSR count). The molecule has 2 atom stereocenters. The van der Waals surface area contributed by atoms with Gasteiger partial charge in [-0.15, -0.1) is 0 Å². The first-order chi connectivity index (χ1) is 22.3. The first kappa shape index (κ1) is 31.8. The third-order valence-electron chi connectivity index (χ3n) is 8.80. The van der Waals surface area contributed by atoms with Gasteiger partial charge in [-0.2, -0.15) is 28.2 Å². The third kappa shape index (κ3) is 6.56. The van der Waals surface area contributed by atoms with E-state index in [0.29, 0.717) is 61.5 Å². The van der Waals surface area contributed by atoms with Crippen LogP contribution in [0.5, 0.6) is 5.88 Å². The Morgan fingerprint density at radius 2 is 1.83 bits per heavy atom. The van der Waals surface area contributed by atoms with Crippen molar-refractivity contribution in [2.75, 3.05) is 30.3 Å². The summed E-state index contributed by atoms with van der Waals surface area (Å²) in [5.41, 5.74) is 6.77. The SMILES string of the molecule is Cc1ccn(-c2cc(-c3ccccc3C(=O)O)ccc2[C@@H](Oc2cc(N3CCC4(CC3)CN[C@H](C(=O)O)C4)nc(N)n2)C(F)(F)F)n1. The van der Waals surface area contributed by atoms with E-state index in [4.69, 9.17) is 10.5 Å². The van der Waals surface area contributed by atoms with Crippen LogP contribution in [0.4, 0.5) is 24.9 Å². The normalized spacial score (nSPS) is 18.3. The fourth-order valence-corrected chi connectivity index (χ4v) is 6.36. The lowest BCUT2D eigenvalue weighted by Crippen LogP contribution is -2.41. The number of nitrogens with zero attached hydrogens (tertiary/aromatic N) is 5. The van der Waals surface area contributed by atoms with Crippen molar-refractivity contribution in [1.29, 1.82) is 0 Å². The molecule has 12 nitrogen and oxygen atoms in total. The van der Waals surface area contributed by atoms with Crippen molar-refractivity contribution in [2.45, 2.75) is 44.5 Å². The predicted octanol–water partition coefficient (Wildman–Crippen LogP) is 4.63. The van der Waals surface area contributed by atoms with Gasteiger partial charge in [0.1, 0.15) is 11.9 Å². The Labute approximate surface area is 267 Å². The Bertz CT molecular complexity index is 1820. The average Bonchev–Trinajstić information content (AvgIpc) is 3.66. The van der Waals surface area contributed by atoms with Crippen molar-refractivity contribution in [3.05, 3.63) is 77.6 Å². The van der Waals surface area contributed by atoms with Crippen LogP contribution in [0.25, 0.3) is 16.8 Å². The van der Waals surface area contributed by atoms with Gasteiger partial charge in [0.15, 0.2) is 0 Å². The maximum absolute atomic E-state index is 14.8. The summed E-state index contributed by atoms with van der Waals surface area (Å²) in [6.45, 7) is 3.26. The molecule has 47 heavy (non-hydrogen) atoms. The predicted molar refractivity (Wildman–Crippen MR) is 164 cm³/mol. The summed E-state index contributed by atoms with van der Waals surface area (Å²) < 4.78 is 51.4. The van der Waals surface area contributed by atoms with Gasteiger partial charge in [-0.25, -0.2) is 9.48 Å². The zero-order valence-electron chi connectivity index (χ0n) is 25.2. The van der Waals surface area contributed by atoms with Crippen LogP contribution in [0.15, 0.2) is 60.8 Å². The highest BCUT2D eigenvalue weighted by atomic mass is 19.4. The number of aliphatic carboxylic acids is 1. The number of carboxylic acid groups (broad SMARTS) is 2. The van der Waals surface area contributed by atoms with Gasteiger partial charge in [0.25, 0.3) is 0 Å². The zero-order chi connectivity index (χ0) is 33.5. The monoisotopic (exact) mass is 651 g/mol. The number of hydrogen-bond donors (Lipinski definition) is 4. The van der Waals surface area contributed by atoms with Crippen molar-refractivity contribution in [1.82, 2.24) is 25.1 Å². The van der Waals surface area contributed by atoms with Crippen LogP contribution >= 0.6 is 0 Å². The molecule has 0 unspecified atom stereocenters. The van der Waals surface area contributed by atoms with Crippen LogP contribution in [-0.4, -0.2) is 73.8 Å². The molecule has 2 aliphatic rings. The second-order valence-electron chi connectivity index (χ2n) is 12.0. The first-order valence-electron chi connectivity index (χ1n) is 14.9. The molecular formula is C32H32F3N7O5. The van der Waals surface area contributed by atoms with Crippen LogP contribution in [-0.2, 0) is 4.79 Å². The molecular weight excluding hydrogens is 619 g/mol. The number of aryl methyl sites for hydroxylation is 1. The largest absolute Gasteiger partial charge is 0.480 e. The molecule has 4 heterocycles. The number of rotatable bonds is 8. The van der Waals surface area contributed by atoms with E-state index < -0.39 is 30.3 Å². The summed E-state index contributed by atoms with van der Waals surface area (Å²) in [7, 11) is 0. The lowest BCUT2D eigenvalue weighted by molar-refractivity contribution is -0.198. The first-order valence-corrected chi connectivity index (χ1v) is 14.9. The van der Waals surface area contributed by atoms with E-state index in [2.05, 4.69) is 20.4 Å². The number of hydrogen-bond acceptors (Lipinski definition) is 9. The minimum absolute atomic E-state index is 0.00927. The number of nitrogen functional groups attached to an aromatic ring is 1. The van der Waals surface area contributed by atoms with Gasteiger partial charge in [0.05, 0.1) is 16.9 Å². The Morgan fingerprint density at radius 1 is 1.09 bits per heavy atom. The molecule has 0 bridgehead atoms. The molecule has 4 aromatic rings. The van der Waals surface area contributed by atoms with E-state index in [1.165, 1.54) is 41.2 Å². The van der Waals surface area contributed by atoms with Crippen LogP contribution in [0, 0.1) is 12.3 Å². The number of carbonyl (C=O) groups is 2. The molecule has 5 N–H and O–H groups in total. The van der Waals surface area contributed by atoms with E-state index in [9.17, 15) is 33.0 Å². The van der Waals surface area contributed by atoms with Crippen LogP contribution in [0.2, 0.25) is 0 Å². The van der Waals surface area contributed by atoms with Crippen molar-refractivity contribution in [3.63, 3.8) is 0 Å². The van der Waals surface area contributed by atoms with E-state index in [1.807, 2.05) is 4.90 Å². The van der Waals surface area contributed by atoms with E-state index >= 15 is 0 Å². The summed E-state index contributed by atoms with van der Waals surface area (Å²) in [6.07, 6.45) is -4.07. The second-order valence-corrected chi connectivity index (χ2v) is 12.0. The maximum atomic E-state index is 14.8. The van der Waals surface area contributed by atoms with Crippen molar-refractivity contribution in [3.8, 4) is 22.7 Å². The number of benzene rings is 2. The number of nitrogens with one attached hydrogen (secondary N) is 1. The average molecular weight is 652 g/mol. The number of nitrogens with two attached hydrogens (primary N) is 1. The zero-order valence-corrected chi connectivity index (χ0v) is 25.2. The molecule has 15 heteroatoms. The number of halogens is 3. The van der Waals surface area contributed by atoms with Crippen molar-refractivity contribution < 1.29 is 37.7 Å². The quantitative estimate of drug-likeness (QED) is 0.210. The van der Waals surface area contributed by atoms with Gasteiger partial charge in [0, 0.05) is 37.5 Å². The standard InChI is InChI=1S/C32H32F3N7O5/c1-18-8-11-42(40-18)24-14-19(20-4-2-3-5-21(20)28(43)44)6-7-22(24)27(32(33,34)35)47-26-15-25(38-30(36)39-26)41-12-9-31(10-13-41)16-23(29(45)46)37-17-31/h2-8,11,14-15,23,27,37H,9-10,12-13,16-17H2,1H3,(H,43,44)(H,45,46)(H2,36,38,39)/t23-,27+/m0/s1. The fourth-order valence-electron chi connectivity index (χ4n) is 6.36. The summed E-state index contributed by atoms with van der Waals surface area (Å²) in [6, 6.07) is 12.7. The summed E-state index contributed by atoms with van der Waals surface area (Å²) in [5, 5.41) is 26.5. The summed E-state index contributed by atoms with van der Waals surface area (Å²) >= 11 is 0. The van der Waals surface area contributed by atoms with Gasteiger partial charge in [-0.05, 0) is 60.9 Å². The number of piperidine rings is 1. The number of carboxylic acids is 2. The molecule has 0 radical (unpaired) electrons. The van der Waals surface area contributed by atoms with Gasteiger partial charge >= 0.3 is 18.1 Å².